The van der Waals surface area contributed by atoms with Gasteiger partial charge < -0.3 is 24.8 Å². The highest BCUT2D eigenvalue weighted by atomic mass is 16.5. The minimum atomic E-state index is -0.585. The third-order valence-corrected chi connectivity index (χ3v) is 3.82. The molecule has 6 heteroatoms. The van der Waals surface area contributed by atoms with E-state index in [1.54, 1.807) is 25.1 Å². The summed E-state index contributed by atoms with van der Waals surface area (Å²) in [5.74, 6) is 1.43. The molecule has 1 aliphatic rings. The van der Waals surface area contributed by atoms with E-state index < -0.39 is 6.10 Å². The Bertz CT molecular complexity index is 495. The molecule has 1 saturated heterocycles. The zero-order valence-corrected chi connectivity index (χ0v) is 13.1. The lowest BCUT2D eigenvalue weighted by Crippen LogP contribution is -2.38. The Hall–Kier alpha value is -1.79. The van der Waals surface area contributed by atoms with Crippen molar-refractivity contribution < 1.29 is 19.4 Å². The number of hydrogen-bond acceptors (Lipinski definition) is 5. The number of methoxy groups -OCH3 is 1. The molecule has 1 aromatic rings. The number of amides is 1. The molecule has 0 aromatic heterocycles. The van der Waals surface area contributed by atoms with E-state index in [2.05, 4.69) is 5.32 Å². The Balaban J connectivity index is 1.97. The van der Waals surface area contributed by atoms with Gasteiger partial charge in [0.2, 0.25) is 5.91 Å². The number of hydrogen-bond donors (Lipinski definition) is 2. The van der Waals surface area contributed by atoms with E-state index in [0.717, 1.165) is 0 Å². The van der Waals surface area contributed by atoms with Gasteiger partial charge in [-0.3, -0.25) is 4.79 Å². The molecule has 0 bridgehead atoms. The predicted molar refractivity (Wildman–Crippen MR) is 83.2 cm³/mol. The Kier molecular flexibility index (Phi) is 6.03. The van der Waals surface area contributed by atoms with Crippen LogP contribution in [0.25, 0.3) is 0 Å². The van der Waals surface area contributed by atoms with Gasteiger partial charge in [-0.1, -0.05) is 6.07 Å². The molecular weight excluding hydrogens is 284 g/mol. The molecule has 1 fully saturated rings. The van der Waals surface area contributed by atoms with Gasteiger partial charge in [0.25, 0.3) is 0 Å². The number of carbonyl (C=O) groups excluding carboxylic acids is 1. The van der Waals surface area contributed by atoms with E-state index in [-0.39, 0.29) is 12.0 Å². The normalized spacial score (nSPS) is 22.0. The first-order valence-corrected chi connectivity index (χ1v) is 7.55. The maximum absolute atomic E-state index is 11.9. The lowest BCUT2D eigenvalue weighted by molar-refractivity contribution is -0.130. The number of aliphatic hydroxyl groups is 1. The summed E-state index contributed by atoms with van der Waals surface area (Å²) in [5.41, 5.74) is 0. The first kappa shape index (κ1) is 16.6. The second-order valence-electron chi connectivity index (χ2n) is 5.39. The van der Waals surface area contributed by atoms with E-state index in [4.69, 9.17) is 9.47 Å². The highest BCUT2D eigenvalue weighted by Crippen LogP contribution is 2.23. The van der Waals surface area contributed by atoms with Crippen LogP contribution in [0.3, 0.4) is 0 Å². The third-order valence-electron chi connectivity index (χ3n) is 3.82. The molecule has 122 valence electrons. The van der Waals surface area contributed by atoms with Crippen LogP contribution in [0, 0.1) is 0 Å². The van der Waals surface area contributed by atoms with E-state index >= 15 is 0 Å². The van der Waals surface area contributed by atoms with Gasteiger partial charge in [0, 0.05) is 25.6 Å². The van der Waals surface area contributed by atoms with Crippen molar-refractivity contribution in [3.63, 3.8) is 0 Å². The highest BCUT2D eigenvalue weighted by Gasteiger charge is 2.28. The number of aliphatic hydroxyl groups excluding tert-OH is 1. The number of benzene rings is 1. The summed E-state index contributed by atoms with van der Waals surface area (Å²) in [6.45, 7) is 1.46. The molecule has 2 N–H and O–H groups in total. The Labute approximate surface area is 131 Å². The molecule has 1 aliphatic heterocycles. The van der Waals surface area contributed by atoms with Crippen LogP contribution in [0.5, 0.6) is 11.5 Å². The van der Waals surface area contributed by atoms with Crippen LogP contribution >= 0.6 is 0 Å². The summed E-state index contributed by atoms with van der Waals surface area (Å²) in [6, 6.07) is 7.32. The van der Waals surface area contributed by atoms with Crippen LogP contribution in [0.15, 0.2) is 24.3 Å². The smallest absolute Gasteiger partial charge is 0.236 e. The molecule has 0 aliphatic carbocycles. The van der Waals surface area contributed by atoms with Crippen molar-refractivity contribution in [1.82, 2.24) is 10.2 Å². The van der Waals surface area contributed by atoms with Crippen LogP contribution in [-0.2, 0) is 4.79 Å². The average Bonchev–Trinajstić information content (AvgIpc) is 2.70. The van der Waals surface area contributed by atoms with Crippen LogP contribution in [-0.4, -0.2) is 61.9 Å². The number of nitrogens with one attached hydrogen (secondary N) is 1. The Morgan fingerprint density at radius 2 is 2.09 bits per heavy atom. The van der Waals surface area contributed by atoms with Crippen LogP contribution in [0.4, 0.5) is 0 Å². The molecule has 0 unspecified atom stereocenters. The highest BCUT2D eigenvalue weighted by molar-refractivity contribution is 5.78. The molecule has 2 atom stereocenters. The quantitative estimate of drug-likeness (QED) is 0.835. The summed E-state index contributed by atoms with van der Waals surface area (Å²) in [6.07, 6.45) is 0.218. The minimum absolute atomic E-state index is 0.0525. The lowest BCUT2D eigenvalue weighted by atomic mass is 10.1. The van der Waals surface area contributed by atoms with Gasteiger partial charge in [0.05, 0.1) is 19.8 Å². The molecule has 1 amide bonds. The molecule has 1 heterocycles. The molecule has 6 nitrogen and oxygen atoms in total. The van der Waals surface area contributed by atoms with Gasteiger partial charge in [-0.15, -0.1) is 0 Å². The summed E-state index contributed by atoms with van der Waals surface area (Å²) >= 11 is 0. The SMILES string of the molecule is CNCC(=O)N1CC[C@H](Oc2cccc(OC)c2)[C@@H](O)CC1. The van der Waals surface area contributed by atoms with E-state index in [1.165, 1.54) is 0 Å². The van der Waals surface area contributed by atoms with Crippen molar-refractivity contribution in [2.24, 2.45) is 0 Å². The number of rotatable bonds is 5. The number of ether oxygens (including phenoxy) is 2. The molecule has 1 aromatic carbocycles. The van der Waals surface area contributed by atoms with Crippen molar-refractivity contribution in [1.29, 1.82) is 0 Å². The topological polar surface area (TPSA) is 71.0 Å². The third kappa shape index (κ3) is 4.35. The maximum Gasteiger partial charge on any atom is 0.236 e. The monoisotopic (exact) mass is 308 g/mol. The molecular formula is C16H24N2O4. The fourth-order valence-corrected chi connectivity index (χ4v) is 2.56. The number of likely N-dealkylation sites (N-methyl/N-ethyl adjacent to an activating group) is 1. The minimum Gasteiger partial charge on any atom is -0.497 e. The van der Waals surface area contributed by atoms with Crippen molar-refractivity contribution in [3.8, 4) is 11.5 Å². The summed E-state index contributed by atoms with van der Waals surface area (Å²) in [7, 11) is 3.35. The van der Waals surface area contributed by atoms with Gasteiger partial charge in [-0.25, -0.2) is 0 Å². The van der Waals surface area contributed by atoms with Crippen molar-refractivity contribution in [2.45, 2.75) is 25.0 Å². The lowest BCUT2D eigenvalue weighted by Gasteiger charge is -2.22. The number of nitrogens with zero attached hydrogens (tertiary/aromatic N) is 1. The molecule has 2 rings (SSSR count). The van der Waals surface area contributed by atoms with E-state index in [0.29, 0.717) is 44.0 Å². The van der Waals surface area contributed by atoms with Gasteiger partial charge in [0.1, 0.15) is 17.6 Å². The maximum atomic E-state index is 11.9. The standard InChI is InChI=1S/C16H24N2O4/c1-17-11-16(20)18-8-6-14(19)15(7-9-18)22-13-5-3-4-12(10-13)21-2/h3-5,10,14-15,17,19H,6-9,11H2,1-2H3/t14-,15-/m0/s1. The number of likely N-dealkylation sites (tertiary alicyclic amines) is 1. The predicted octanol–water partition coefficient (Wildman–Crippen LogP) is 0.645. The molecule has 22 heavy (non-hydrogen) atoms. The van der Waals surface area contributed by atoms with Crippen LogP contribution < -0.4 is 14.8 Å². The second-order valence-corrected chi connectivity index (χ2v) is 5.39. The molecule has 0 radical (unpaired) electrons. The van der Waals surface area contributed by atoms with Gasteiger partial charge in [-0.2, -0.15) is 0 Å². The molecule has 0 spiro atoms. The van der Waals surface area contributed by atoms with Crippen molar-refractivity contribution in [2.75, 3.05) is 33.8 Å². The molecule has 0 saturated carbocycles. The van der Waals surface area contributed by atoms with Crippen molar-refractivity contribution in [3.05, 3.63) is 24.3 Å². The average molecular weight is 308 g/mol. The first-order valence-electron chi connectivity index (χ1n) is 7.55. The zero-order valence-electron chi connectivity index (χ0n) is 13.1. The van der Waals surface area contributed by atoms with Crippen LogP contribution in [0.1, 0.15) is 12.8 Å². The Morgan fingerprint density at radius 3 is 2.82 bits per heavy atom. The van der Waals surface area contributed by atoms with E-state index in [9.17, 15) is 9.90 Å². The van der Waals surface area contributed by atoms with E-state index in [1.807, 2.05) is 18.2 Å². The fourth-order valence-electron chi connectivity index (χ4n) is 2.56. The first-order chi connectivity index (χ1) is 10.6. The number of carbonyl (C=O) groups is 1. The summed E-state index contributed by atoms with van der Waals surface area (Å²) in [5, 5.41) is 13.1. The van der Waals surface area contributed by atoms with Gasteiger partial charge >= 0.3 is 0 Å². The largest absolute Gasteiger partial charge is 0.497 e. The fraction of sp³-hybridized carbons (Fsp3) is 0.562. The van der Waals surface area contributed by atoms with Crippen LogP contribution in [0.2, 0.25) is 0 Å². The zero-order chi connectivity index (χ0) is 15.9. The van der Waals surface area contributed by atoms with Crippen molar-refractivity contribution >= 4 is 5.91 Å². The Morgan fingerprint density at radius 1 is 1.36 bits per heavy atom. The van der Waals surface area contributed by atoms with Gasteiger partial charge in [0.15, 0.2) is 0 Å². The summed E-state index contributed by atoms with van der Waals surface area (Å²) < 4.78 is 11.1. The second kappa shape index (κ2) is 8.00. The van der Waals surface area contributed by atoms with Gasteiger partial charge in [-0.05, 0) is 25.6 Å². The summed E-state index contributed by atoms with van der Waals surface area (Å²) in [4.78, 5) is 13.7.